The maximum absolute atomic E-state index is 12.6. The largest absolute Gasteiger partial charge is 0.334 e. The molecule has 2 aliphatic rings. The van der Waals surface area contributed by atoms with Crippen LogP contribution in [0, 0.1) is 0 Å². The number of amides is 2. The first kappa shape index (κ1) is 17.3. The summed E-state index contributed by atoms with van der Waals surface area (Å²) >= 11 is 1.38. The molecule has 4 heterocycles. The second-order valence-corrected chi connectivity index (χ2v) is 8.06. The average Bonchev–Trinajstić information content (AvgIpc) is 3.47. The quantitative estimate of drug-likeness (QED) is 0.727. The van der Waals surface area contributed by atoms with Gasteiger partial charge < -0.3 is 9.80 Å². The summed E-state index contributed by atoms with van der Waals surface area (Å²) < 4.78 is 0. The fourth-order valence-electron chi connectivity index (χ4n) is 4.04. The molecule has 8 nitrogen and oxygen atoms in total. The van der Waals surface area contributed by atoms with Gasteiger partial charge in [0.25, 0.3) is 5.91 Å². The highest BCUT2D eigenvalue weighted by molar-refractivity contribution is 7.11. The number of benzene rings is 1. The van der Waals surface area contributed by atoms with E-state index in [0.717, 1.165) is 29.7 Å². The smallest absolute Gasteiger partial charge is 0.282 e. The van der Waals surface area contributed by atoms with Gasteiger partial charge in [0.1, 0.15) is 0 Å². The van der Waals surface area contributed by atoms with Crippen molar-refractivity contribution in [1.29, 1.82) is 0 Å². The molecule has 2 aliphatic heterocycles. The molecule has 2 amide bonds. The molecule has 0 aliphatic carbocycles. The lowest BCUT2D eigenvalue weighted by Gasteiger charge is -2.37. The summed E-state index contributed by atoms with van der Waals surface area (Å²) in [5.41, 5.74) is 1.88. The summed E-state index contributed by atoms with van der Waals surface area (Å²) in [4.78, 5) is 35.3. The lowest BCUT2D eigenvalue weighted by Crippen LogP contribution is -2.52. The summed E-state index contributed by atoms with van der Waals surface area (Å²) in [7, 11) is 0. The highest BCUT2D eigenvalue weighted by Crippen LogP contribution is 2.27. The lowest BCUT2D eigenvalue weighted by molar-refractivity contribution is -0.117. The van der Waals surface area contributed by atoms with Crippen LogP contribution in [0.2, 0.25) is 0 Å². The van der Waals surface area contributed by atoms with Gasteiger partial charge in [-0.1, -0.05) is 0 Å². The molecule has 5 rings (SSSR count). The number of aromatic amines is 1. The fourth-order valence-corrected chi connectivity index (χ4v) is 4.64. The second kappa shape index (κ2) is 6.99. The third kappa shape index (κ3) is 3.06. The zero-order valence-electron chi connectivity index (χ0n) is 15.2. The predicted octanol–water partition coefficient (Wildman–Crippen LogP) is 1.58. The Morgan fingerprint density at radius 3 is 2.86 bits per heavy atom. The number of carbonyl (C=O) groups is 2. The van der Waals surface area contributed by atoms with Crippen molar-refractivity contribution in [1.82, 2.24) is 25.0 Å². The van der Waals surface area contributed by atoms with Crippen molar-refractivity contribution in [2.45, 2.75) is 12.5 Å². The number of hydrogen-bond acceptors (Lipinski definition) is 6. The van der Waals surface area contributed by atoms with E-state index in [1.54, 1.807) is 12.4 Å². The molecule has 0 saturated carbocycles. The van der Waals surface area contributed by atoms with Crippen LogP contribution in [-0.4, -0.2) is 75.6 Å². The van der Waals surface area contributed by atoms with Crippen molar-refractivity contribution in [3.8, 4) is 0 Å². The Morgan fingerprint density at radius 1 is 1.21 bits per heavy atom. The first-order valence-corrected chi connectivity index (χ1v) is 10.2. The monoisotopic (exact) mass is 396 g/mol. The molecule has 1 N–H and O–H groups in total. The average molecular weight is 396 g/mol. The van der Waals surface area contributed by atoms with Crippen LogP contribution >= 0.6 is 11.3 Å². The minimum Gasteiger partial charge on any atom is -0.334 e. The lowest BCUT2D eigenvalue weighted by atomic mass is 10.2. The van der Waals surface area contributed by atoms with Crippen LogP contribution < -0.4 is 4.90 Å². The molecule has 1 aromatic carbocycles. The topological polar surface area (TPSA) is 85.4 Å². The first-order chi connectivity index (χ1) is 13.7. The van der Waals surface area contributed by atoms with Gasteiger partial charge in [-0.05, 0) is 18.2 Å². The Labute approximate surface area is 165 Å². The number of thiazole rings is 1. The van der Waals surface area contributed by atoms with Crippen LogP contribution in [0.25, 0.3) is 10.9 Å². The standard InChI is InChI=1S/C19H20N6O2S/c26-17-10-15(12-25(17)14-1-2-16-13(9-14)11-21-22-16)23-4-6-24(7-5-23)19(27)18-20-3-8-28-18/h1-3,8-9,11,15H,4-7,10,12H2,(H,21,22). The Bertz CT molecular complexity index is 1010. The third-order valence-corrected chi connectivity index (χ3v) is 6.33. The van der Waals surface area contributed by atoms with Gasteiger partial charge in [0.15, 0.2) is 5.01 Å². The normalized spacial score (nSPS) is 21.0. The number of hydrogen-bond donors (Lipinski definition) is 1. The van der Waals surface area contributed by atoms with Gasteiger partial charge in [0.05, 0.1) is 11.7 Å². The SMILES string of the molecule is O=C(c1nccs1)N1CCN(C2CC(=O)N(c3ccc4[nH]ncc4c3)C2)CC1. The maximum atomic E-state index is 12.6. The van der Waals surface area contributed by atoms with Crippen LogP contribution in [0.15, 0.2) is 36.0 Å². The van der Waals surface area contributed by atoms with Gasteiger partial charge >= 0.3 is 0 Å². The van der Waals surface area contributed by atoms with E-state index < -0.39 is 0 Å². The molecular formula is C19H20N6O2S. The molecule has 2 aromatic heterocycles. The van der Waals surface area contributed by atoms with E-state index in [1.807, 2.05) is 33.4 Å². The highest BCUT2D eigenvalue weighted by Gasteiger charge is 2.36. The number of H-pyrrole nitrogens is 1. The van der Waals surface area contributed by atoms with E-state index in [-0.39, 0.29) is 17.9 Å². The van der Waals surface area contributed by atoms with Crippen LogP contribution in [0.3, 0.4) is 0 Å². The van der Waals surface area contributed by atoms with E-state index in [9.17, 15) is 9.59 Å². The number of aromatic nitrogens is 3. The number of rotatable bonds is 3. The molecular weight excluding hydrogens is 376 g/mol. The van der Waals surface area contributed by atoms with E-state index in [0.29, 0.717) is 31.1 Å². The van der Waals surface area contributed by atoms with Crippen molar-refractivity contribution in [2.24, 2.45) is 0 Å². The van der Waals surface area contributed by atoms with Gasteiger partial charge in [-0.15, -0.1) is 11.3 Å². The number of carbonyl (C=O) groups excluding carboxylic acids is 2. The van der Waals surface area contributed by atoms with Crippen molar-refractivity contribution in [3.05, 3.63) is 41.0 Å². The van der Waals surface area contributed by atoms with Crippen LogP contribution in [0.5, 0.6) is 0 Å². The molecule has 2 fully saturated rings. The molecule has 0 radical (unpaired) electrons. The molecule has 0 spiro atoms. The van der Waals surface area contributed by atoms with Crippen LogP contribution in [-0.2, 0) is 4.79 Å². The summed E-state index contributed by atoms with van der Waals surface area (Å²) in [6, 6.07) is 6.11. The van der Waals surface area contributed by atoms with Crippen LogP contribution in [0.4, 0.5) is 5.69 Å². The summed E-state index contributed by atoms with van der Waals surface area (Å²) in [5.74, 6) is 0.154. The predicted molar refractivity (Wildman–Crippen MR) is 106 cm³/mol. The molecule has 0 bridgehead atoms. The second-order valence-electron chi connectivity index (χ2n) is 7.17. The van der Waals surface area contributed by atoms with Crippen LogP contribution in [0.1, 0.15) is 16.2 Å². The van der Waals surface area contributed by atoms with Gasteiger partial charge in [-0.2, -0.15) is 5.10 Å². The maximum Gasteiger partial charge on any atom is 0.282 e. The minimum absolute atomic E-state index is 0.00666. The molecule has 28 heavy (non-hydrogen) atoms. The Balaban J connectivity index is 1.23. The summed E-state index contributed by atoms with van der Waals surface area (Å²) in [5, 5.41) is 10.4. The Morgan fingerprint density at radius 2 is 2.07 bits per heavy atom. The zero-order valence-corrected chi connectivity index (χ0v) is 16.1. The highest BCUT2D eigenvalue weighted by atomic mass is 32.1. The van der Waals surface area contributed by atoms with Crippen molar-refractivity contribution < 1.29 is 9.59 Å². The van der Waals surface area contributed by atoms with Crippen molar-refractivity contribution in [2.75, 3.05) is 37.6 Å². The Kier molecular flexibility index (Phi) is 4.33. The van der Waals surface area contributed by atoms with Crippen molar-refractivity contribution >= 4 is 39.7 Å². The van der Waals surface area contributed by atoms with E-state index in [4.69, 9.17) is 0 Å². The Hall–Kier alpha value is -2.78. The van der Waals surface area contributed by atoms with Crippen molar-refractivity contribution in [3.63, 3.8) is 0 Å². The molecule has 3 aromatic rings. The van der Waals surface area contributed by atoms with Gasteiger partial charge in [-0.3, -0.25) is 19.6 Å². The number of fused-ring (bicyclic) bond motifs is 1. The minimum atomic E-state index is 0.00666. The zero-order chi connectivity index (χ0) is 19.1. The van der Waals surface area contributed by atoms with E-state index in [1.165, 1.54) is 11.3 Å². The summed E-state index contributed by atoms with van der Waals surface area (Å²) in [6.45, 7) is 3.59. The number of nitrogens with one attached hydrogen (secondary N) is 1. The fraction of sp³-hybridized carbons (Fsp3) is 0.368. The van der Waals surface area contributed by atoms with Gasteiger partial charge in [0, 0.05) is 67.8 Å². The van der Waals surface area contributed by atoms with Gasteiger partial charge in [0.2, 0.25) is 5.91 Å². The molecule has 1 atom stereocenters. The first-order valence-electron chi connectivity index (χ1n) is 9.35. The molecule has 1 unspecified atom stereocenters. The molecule has 2 saturated heterocycles. The molecule has 144 valence electrons. The van der Waals surface area contributed by atoms with Gasteiger partial charge in [-0.25, -0.2) is 4.98 Å². The summed E-state index contributed by atoms with van der Waals surface area (Å²) in [6.07, 6.45) is 3.95. The number of nitrogens with zero attached hydrogens (tertiary/aromatic N) is 5. The third-order valence-electron chi connectivity index (χ3n) is 5.57. The van der Waals surface area contributed by atoms with E-state index >= 15 is 0 Å². The molecule has 9 heteroatoms. The van der Waals surface area contributed by atoms with E-state index in [2.05, 4.69) is 20.1 Å². The number of anilines is 1. The number of piperazine rings is 1.